The number of hydrogen-bond donors (Lipinski definition) is 1. The van der Waals surface area contributed by atoms with Gasteiger partial charge in [-0.15, -0.1) is 0 Å². The zero-order chi connectivity index (χ0) is 22.0. The molecule has 2 amide bonds. The van der Waals surface area contributed by atoms with Crippen molar-refractivity contribution in [3.8, 4) is 28.3 Å². The molecule has 2 heterocycles. The van der Waals surface area contributed by atoms with Gasteiger partial charge in [-0.2, -0.15) is 0 Å². The van der Waals surface area contributed by atoms with Gasteiger partial charge in [0, 0.05) is 42.2 Å². The molecule has 0 saturated carbocycles. The molecule has 31 heavy (non-hydrogen) atoms. The number of rotatable bonds is 4. The van der Waals surface area contributed by atoms with Crippen LogP contribution in [0.2, 0.25) is 5.02 Å². The lowest BCUT2D eigenvalue weighted by Crippen LogP contribution is -2.43. The predicted molar refractivity (Wildman–Crippen MR) is 117 cm³/mol. The number of nitrogens with zero attached hydrogens (tertiary/aromatic N) is 3. The van der Waals surface area contributed by atoms with Gasteiger partial charge in [0.15, 0.2) is 11.7 Å². The van der Waals surface area contributed by atoms with Crippen molar-refractivity contribution in [1.82, 2.24) is 14.9 Å². The van der Waals surface area contributed by atoms with E-state index in [4.69, 9.17) is 25.7 Å². The minimum Gasteiger partial charge on any atom is -0.497 e. The van der Waals surface area contributed by atoms with Crippen LogP contribution in [-0.2, 0) is 0 Å². The molecule has 1 aromatic heterocycles. The lowest BCUT2D eigenvalue weighted by molar-refractivity contribution is -0.0358. The second-order valence-corrected chi connectivity index (χ2v) is 7.97. The van der Waals surface area contributed by atoms with Crippen molar-refractivity contribution in [2.24, 2.45) is 0 Å². The molecule has 0 unspecified atom stereocenters. The fourth-order valence-corrected chi connectivity index (χ4v) is 3.90. The summed E-state index contributed by atoms with van der Waals surface area (Å²) in [5, 5.41) is 10.7. The van der Waals surface area contributed by atoms with Gasteiger partial charge >= 0.3 is 6.03 Å². The van der Waals surface area contributed by atoms with Crippen molar-refractivity contribution in [3.05, 3.63) is 59.4 Å². The monoisotopic (exact) mass is 441 g/mol. The first-order chi connectivity index (χ1) is 15.0. The lowest BCUT2D eigenvalue weighted by atomic mass is 9.97. The van der Waals surface area contributed by atoms with E-state index in [1.165, 1.54) is 7.05 Å². The fraction of sp³-hybridized carbons (Fsp3) is 0.304. The van der Waals surface area contributed by atoms with Crippen LogP contribution >= 0.6 is 11.6 Å². The van der Waals surface area contributed by atoms with Gasteiger partial charge in [0.25, 0.3) is 0 Å². The van der Waals surface area contributed by atoms with Crippen LogP contribution in [0.4, 0.5) is 4.79 Å². The maximum absolute atomic E-state index is 12.0. The number of urea groups is 1. The fourth-order valence-electron chi connectivity index (χ4n) is 3.78. The third kappa shape index (κ3) is 4.52. The van der Waals surface area contributed by atoms with Gasteiger partial charge in [0.1, 0.15) is 11.4 Å². The number of ether oxygens (including phenoxy) is 1. The van der Waals surface area contributed by atoms with Gasteiger partial charge in [-0.3, -0.25) is 5.21 Å². The van der Waals surface area contributed by atoms with E-state index in [0.717, 1.165) is 22.6 Å². The van der Waals surface area contributed by atoms with Gasteiger partial charge in [-0.25, -0.2) is 14.8 Å². The quantitative estimate of drug-likeness (QED) is 0.439. The summed E-state index contributed by atoms with van der Waals surface area (Å²) in [4.78, 5) is 18.5. The van der Waals surface area contributed by atoms with Crippen LogP contribution < -0.4 is 4.74 Å². The molecular formula is C23H24ClN3O4. The number of hydroxylamine groups is 2. The van der Waals surface area contributed by atoms with Crippen molar-refractivity contribution in [1.29, 1.82) is 0 Å². The zero-order valence-electron chi connectivity index (χ0n) is 17.4. The summed E-state index contributed by atoms with van der Waals surface area (Å²) in [6.45, 7) is 1.07. The van der Waals surface area contributed by atoms with E-state index in [9.17, 15) is 10.0 Å². The summed E-state index contributed by atoms with van der Waals surface area (Å²) >= 11 is 6.06. The summed E-state index contributed by atoms with van der Waals surface area (Å²) in [6, 6.07) is 14.8. The highest BCUT2D eigenvalue weighted by atomic mass is 35.5. The number of benzene rings is 2. The van der Waals surface area contributed by atoms with Crippen LogP contribution in [0.25, 0.3) is 22.6 Å². The van der Waals surface area contributed by atoms with E-state index in [0.29, 0.717) is 47.7 Å². The molecule has 7 nitrogen and oxygen atoms in total. The number of halogens is 1. The summed E-state index contributed by atoms with van der Waals surface area (Å²) in [5.41, 5.74) is 2.58. The third-order valence-corrected chi connectivity index (χ3v) is 5.76. The van der Waals surface area contributed by atoms with Gasteiger partial charge in [-0.05, 0) is 61.4 Å². The molecule has 8 heteroatoms. The van der Waals surface area contributed by atoms with E-state index in [2.05, 4.69) is 0 Å². The Morgan fingerprint density at radius 3 is 2.32 bits per heavy atom. The molecule has 1 N–H and O–H groups in total. The first-order valence-electron chi connectivity index (χ1n) is 10.1. The number of aromatic nitrogens is 1. The standard InChI is InChI=1S/C23H24ClN3O4/c1-26(29)23(28)27-13-11-17(12-14-27)22-25-20(15-5-9-19(30-2)10-6-15)21(31-22)16-3-7-18(24)8-4-16/h3-10,17,29H,11-14H2,1-2H3. The SMILES string of the molecule is COc1ccc(-c2nc(C3CCN(C(=O)N(C)O)CC3)oc2-c2ccc(Cl)cc2)cc1. The molecule has 3 aromatic rings. The van der Waals surface area contributed by atoms with Crippen LogP contribution in [0, 0.1) is 0 Å². The van der Waals surface area contributed by atoms with Crippen molar-refractivity contribution in [3.63, 3.8) is 0 Å². The molecule has 0 atom stereocenters. The molecule has 1 aliphatic rings. The van der Waals surface area contributed by atoms with Crippen molar-refractivity contribution < 1.29 is 19.2 Å². The molecule has 1 fully saturated rings. The number of hydrogen-bond acceptors (Lipinski definition) is 5. The topological polar surface area (TPSA) is 79.0 Å². The van der Waals surface area contributed by atoms with E-state index in [1.54, 1.807) is 12.0 Å². The number of likely N-dealkylation sites (tertiary alicyclic amines) is 1. The Morgan fingerprint density at radius 2 is 1.74 bits per heavy atom. The van der Waals surface area contributed by atoms with Crippen molar-refractivity contribution in [2.75, 3.05) is 27.2 Å². The van der Waals surface area contributed by atoms with E-state index in [-0.39, 0.29) is 5.92 Å². The Bertz CT molecular complexity index is 1040. The van der Waals surface area contributed by atoms with Gasteiger partial charge in [0.2, 0.25) is 0 Å². The molecule has 1 aliphatic heterocycles. The summed E-state index contributed by atoms with van der Waals surface area (Å²) in [7, 11) is 2.97. The average molecular weight is 442 g/mol. The maximum Gasteiger partial charge on any atom is 0.343 e. The Balaban J connectivity index is 1.65. The van der Waals surface area contributed by atoms with E-state index >= 15 is 0 Å². The summed E-state index contributed by atoms with van der Waals surface area (Å²) < 4.78 is 11.6. The van der Waals surface area contributed by atoms with Crippen LogP contribution in [-0.4, -0.2) is 53.4 Å². The van der Waals surface area contributed by atoms with Crippen LogP contribution in [0.3, 0.4) is 0 Å². The van der Waals surface area contributed by atoms with Crippen LogP contribution in [0.5, 0.6) is 5.75 Å². The second-order valence-electron chi connectivity index (χ2n) is 7.53. The Hall–Kier alpha value is -3.03. The first kappa shape index (κ1) is 21.2. The zero-order valence-corrected chi connectivity index (χ0v) is 18.2. The Morgan fingerprint density at radius 1 is 1.13 bits per heavy atom. The van der Waals surface area contributed by atoms with Crippen molar-refractivity contribution >= 4 is 17.6 Å². The summed E-state index contributed by atoms with van der Waals surface area (Å²) in [6.07, 6.45) is 1.42. The number of amides is 2. The normalized spacial score (nSPS) is 14.5. The highest BCUT2D eigenvalue weighted by Gasteiger charge is 2.29. The highest BCUT2D eigenvalue weighted by molar-refractivity contribution is 6.30. The Labute approximate surface area is 185 Å². The molecule has 1 saturated heterocycles. The van der Waals surface area contributed by atoms with Crippen LogP contribution in [0.15, 0.2) is 52.9 Å². The maximum atomic E-state index is 12.0. The summed E-state index contributed by atoms with van der Waals surface area (Å²) in [5.74, 6) is 2.20. The number of methoxy groups -OCH3 is 1. The smallest absolute Gasteiger partial charge is 0.343 e. The van der Waals surface area contributed by atoms with Gasteiger partial charge in [-0.1, -0.05) is 11.6 Å². The molecule has 0 spiro atoms. The number of carbonyl (C=O) groups excluding carboxylic acids is 1. The third-order valence-electron chi connectivity index (χ3n) is 5.51. The minimum atomic E-state index is -0.397. The van der Waals surface area contributed by atoms with Gasteiger partial charge in [0.05, 0.1) is 7.11 Å². The molecule has 0 bridgehead atoms. The van der Waals surface area contributed by atoms with E-state index in [1.807, 2.05) is 48.5 Å². The van der Waals surface area contributed by atoms with E-state index < -0.39 is 6.03 Å². The number of oxazole rings is 1. The molecule has 4 rings (SSSR count). The highest BCUT2D eigenvalue weighted by Crippen LogP contribution is 2.38. The lowest BCUT2D eigenvalue weighted by Gasteiger charge is -2.31. The largest absolute Gasteiger partial charge is 0.497 e. The molecule has 0 aliphatic carbocycles. The predicted octanol–water partition coefficient (Wildman–Crippen LogP) is 5.29. The first-order valence-corrected chi connectivity index (χ1v) is 10.5. The van der Waals surface area contributed by atoms with Crippen LogP contribution in [0.1, 0.15) is 24.7 Å². The Kier molecular flexibility index (Phi) is 6.15. The van der Waals surface area contributed by atoms with Crippen molar-refractivity contribution in [2.45, 2.75) is 18.8 Å². The van der Waals surface area contributed by atoms with Gasteiger partial charge < -0.3 is 14.1 Å². The minimum absolute atomic E-state index is 0.0890. The average Bonchev–Trinajstić information content (AvgIpc) is 3.24. The number of piperidine rings is 1. The molecule has 2 aromatic carbocycles. The molecule has 162 valence electrons. The number of carbonyl (C=O) groups is 1. The molecular weight excluding hydrogens is 418 g/mol. The molecule has 0 radical (unpaired) electrons. The second kappa shape index (κ2) is 8.99.